The number of rotatable bonds is 8. The lowest BCUT2D eigenvalue weighted by Crippen LogP contribution is -2.44. The summed E-state index contributed by atoms with van der Waals surface area (Å²) in [6, 6.07) is 14.1. The van der Waals surface area contributed by atoms with Gasteiger partial charge in [-0.3, -0.25) is 9.59 Å². The van der Waals surface area contributed by atoms with Gasteiger partial charge in [0, 0.05) is 12.1 Å². The van der Waals surface area contributed by atoms with Crippen molar-refractivity contribution in [1.29, 1.82) is 0 Å². The summed E-state index contributed by atoms with van der Waals surface area (Å²) in [7, 11) is 1.52. The first-order chi connectivity index (χ1) is 12.5. The van der Waals surface area contributed by atoms with Crippen LogP contribution in [-0.2, 0) is 11.4 Å². The first kappa shape index (κ1) is 19.3. The summed E-state index contributed by atoms with van der Waals surface area (Å²) in [6.07, 6.45) is 0. The van der Waals surface area contributed by atoms with Crippen LogP contribution in [0.2, 0.25) is 0 Å². The predicted octanol–water partition coefficient (Wildman–Crippen LogP) is 2.53. The predicted molar refractivity (Wildman–Crippen MR) is 99.4 cm³/mol. The third kappa shape index (κ3) is 5.24. The van der Waals surface area contributed by atoms with Gasteiger partial charge >= 0.3 is 0 Å². The second-order valence-electron chi connectivity index (χ2n) is 5.73. The number of likely N-dealkylation sites (N-methyl/N-ethyl adjacent to an activating group) is 1. The Labute approximate surface area is 153 Å². The molecule has 0 aliphatic heterocycles. The molecule has 0 spiro atoms. The van der Waals surface area contributed by atoms with Crippen molar-refractivity contribution in [3.63, 3.8) is 0 Å². The maximum atomic E-state index is 12.3. The van der Waals surface area contributed by atoms with E-state index in [1.165, 1.54) is 7.11 Å². The van der Waals surface area contributed by atoms with Crippen molar-refractivity contribution < 1.29 is 19.1 Å². The Kier molecular flexibility index (Phi) is 7.02. The fourth-order valence-electron chi connectivity index (χ4n) is 2.34. The van der Waals surface area contributed by atoms with E-state index >= 15 is 0 Å². The van der Waals surface area contributed by atoms with Crippen molar-refractivity contribution in [1.82, 2.24) is 10.6 Å². The van der Waals surface area contributed by atoms with E-state index in [9.17, 15) is 9.59 Å². The van der Waals surface area contributed by atoms with Gasteiger partial charge in [0.25, 0.3) is 5.91 Å². The summed E-state index contributed by atoms with van der Waals surface area (Å²) < 4.78 is 11.1. The van der Waals surface area contributed by atoms with E-state index in [2.05, 4.69) is 10.6 Å². The fraction of sp³-hybridized carbons (Fsp3) is 0.300. The van der Waals surface area contributed by atoms with Crippen LogP contribution in [0.3, 0.4) is 0 Å². The largest absolute Gasteiger partial charge is 0.493 e. The van der Waals surface area contributed by atoms with Crippen LogP contribution in [-0.4, -0.2) is 31.5 Å². The number of methoxy groups -OCH3 is 1. The van der Waals surface area contributed by atoms with Crippen LogP contribution in [0, 0.1) is 0 Å². The Bertz CT molecular complexity index is 747. The molecule has 0 aliphatic carbocycles. The third-order valence-corrected chi connectivity index (χ3v) is 3.75. The Morgan fingerprint density at radius 3 is 2.46 bits per heavy atom. The summed E-state index contributed by atoms with van der Waals surface area (Å²) >= 11 is 0. The maximum Gasteiger partial charge on any atom is 0.252 e. The molecule has 2 N–H and O–H groups in total. The molecule has 2 amide bonds. The number of hydrogen-bond acceptors (Lipinski definition) is 4. The molecular weight excluding hydrogens is 332 g/mol. The second-order valence-corrected chi connectivity index (χ2v) is 5.73. The van der Waals surface area contributed by atoms with Crippen molar-refractivity contribution in [3.05, 3.63) is 59.7 Å². The lowest BCUT2D eigenvalue weighted by molar-refractivity contribution is -0.122. The SMILES string of the molecule is CCNC(=O)[C@H](C)NC(=O)c1ccc(OCc2ccccc2)c(OC)c1. The summed E-state index contributed by atoms with van der Waals surface area (Å²) in [5.41, 5.74) is 1.43. The quantitative estimate of drug-likeness (QED) is 0.762. The van der Waals surface area contributed by atoms with Crippen molar-refractivity contribution in [3.8, 4) is 11.5 Å². The highest BCUT2D eigenvalue weighted by atomic mass is 16.5. The van der Waals surface area contributed by atoms with Gasteiger partial charge in [-0.1, -0.05) is 30.3 Å². The molecule has 1 atom stereocenters. The molecule has 6 heteroatoms. The number of nitrogens with one attached hydrogen (secondary N) is 2. The van der Waals surface area contributed by atoms with Crippen molar-refractivity contribution in [2.45, 2.75) is 26.5 Å². The van der Waals surface area contributed by atoms with Gasteiger partial charge in [-0.15, -0.1) is 0 Å². The highest BCUT2D eigenvalue weighted by molar-refractivity contribution is 5.97. The van der Waals surface area contributed by atoms with Crippen LogP contribution in [0.5, 0.6) is 11.5 Å². The molecule has 0 saturated carbocycles. The molecule has 138 valence electrons. The summed E-state index contributed by atoms with van der Waals surface area (Å²) in [4.78, 5) is 24.1. The first-order valence-corrected chi connectivity index (χ1v) is 8.48. The smallest absolute Gasteiger partial charge is 0.252 e. The fourth-order valence-corrected chi connectivity index (χ4v) is 2.34. The topological polar surface area (TPSA) is 76.7 Å². The number of amides is 2. The Balaban J connectivity index is 2.05. The van der Waals surface area contributed by atoms with Crippen molar-refractivity contribution in [2.75, 3.05) is 13.7 Å². The van der Waals surface area contributed by atoms with Crippen LogP contribution in [0.1, 0.15) is 29.8 Å². The zero-order valence-corrected chi connectivity index (χ0v) is 15.2. The normalized spacial score (nSPS) is 11.3. The van der Waals surface area contributed by atoms with E-state index < -0.39 is 6.04 Å². The molecule has 0 aromatic heterocycles. The second kappa shape index (κ2) is 9.46. The molecule has 0 heterocycles. The van der Waals surface area contributed by atoms with Crippen LogP contribution < -0.4 is 20.1 Å². The molecule has 0 unspecified atom stereocenters. The van der Waals surface area contributed by atoms with Gasteiger partial charge in [0.2, 0.25) is 5.91 Å². The standard InChI is InChI=1S/C20H24N2O4/c1-4-21-19(23)14(2)22-20(24)16-10-11-17(18(12-16)25-3)26-13-15-8-6-5-7-9-15/h5-12,14H,4,13H2,1-3H3,(H,21,23)(H,22,24)/t14-/m0/s1. The molecule has 0 fully saturated rings. The summed E-state index contributed by atoms with van der Waals surface area (Å²) in [5.74, 6) is 0.427. The maximum absolute atomic E-state index is 12.3. The van der Waals surface area contributed by atoms with E-state index in [0.29, 0.717) is 30.2 Å². The van der Waals surface area contributed by atoms with E-state index in [1.54, 1.807) is 25.1 Å². The average molecular weight is 356 g/mol. The van der Waals surface area contributed by atoms with E-state index in [-0.39, 0.29) is 11.8 Å². The minimum absolute atomic E-state index is 0.226. The highest BCUT2D eigenvalue weighted by Gasteiger charge is 2.17. The lowest BCUT2D eigenvalue weighted by Gasteiger charge is -2.15. The summed E-state index contributed by atoms with van der Waals surface area (Å²) in [6.45, 7) is 4.38. The van der Waals surface area contributed by atoms with Gasteiger partial charge in [0.05, 0.1) is 7.11 Å². The van der Waals surface area contributed by atoms with Crippen LogP contribution >= 0.6 is 0 Å². The number of hydrogen-bond donors (Lipinski definition) is 2. The van der Waals surface area contributed by atoms with E-state index in [4.69, 9.17) is 9.47 Å². The van der Waals surface area contributed by atoms with Gasteiger partial charge in [-0.05, 0) is 37.6 Å². The molecule has 0 aliphatic rings. The van der Waals surface area contributed by atoms with Crippen molar-refractivity contribution >= 4 is 11.8 Å². The lowest BCUT2D eigenvalue weighted by atomic mass is 10.1. The van der Waals surface area contributed by atoms with Crippen LogP contribution in [0.4, 0.5) is 0 Å². The Morgan fingerprint density at radius 1 is 1.08 bits per heavy atom. The molecule has 0 bridgehead atoms. The minimum atomic E-state index is -0.623. The van der Waals surface area contributed by atoms with Gasteiger partial charge < -0.3 is 20.1 Å². The molecule has 0 saturated heterocycles. The van der Waals surface area contributed by atoms with Gasteiger partial charge in [0.1, 0.15) is 12.6 Å². The molecular formula is C20H24N2O4. The molecule has 2 rings (SSSR count). The number of ether oxygens (including phenoxy) is 2. The minimum Gasteiger partial charge on any atom is -0.493 e. The third-order valence-electron chi connectivity index (χ3n) is 3.75. The van der Waals surface area contributed by atoms with E-state index in [1.807, 2.05) is 37.3 Å². The first-order valence-electron chi connectivity index (χ1n) is 8.48. The summed E-state index contributed by atoms with van der Waals surface area (Å²) in [5, 5.41) is 5.33. The zero-order valence-electron chi connectivity index (χ0n) is 15.2. The molecule has 0 radical (unpaired) electrons. The average Bonchev–Trinajstić information content (AvgIpc) is 2.67. The van der Waals surface area contributed by atoms with Crippen molar-refractivity contribution in [2.24, 2.45) is 0 Å². The monoisotopic (exact) mass is 356 g/mol. The van der Waals surface area contributed by atoms with Gasteiger partial charge in [-0.2, -0.15) is 0 Å². The van der Waals surface area contributed by atoms with Gasteiger partial charge in [0.15, 0.2) is 11.5 Å². The molecule has 26 heavy (non-hydrogen) atoms. The van der Waals surface area contributed by atoms with E-state index in [0.717, 1.165) is 5.56 Å². The Morgan fingerprint density at radius 2 is 1.81 bits per heavy atom. The Hall–Kier alpha value is -3.02. The van der Waals surface area contributed by atoms with Crippen LogP contribution in [0.25, 0.3) is 0 Å². The number of carbonyl (C=O) groups excluding carboxylic acids is 2. The molecule has 2 aromatic rings. The number of benzene rings is 2. The molecule has 2 aromatic carbocycles. The van der Waals surface area contributed by atoms with Gasteiger partial charge in [-0.25, -0.2) is 0 Å². The zero-order chi connectivity index (χ0) is 18.9. The van der Waals surface area contributed by atoms with Crippen LogP contribution in [0.15, 0.2) is 48.5 Å². The highest BCUT2D eigenvalue weighted by Crippen LogP contribution is 2.28. The number of carbonyl (C=O) groups is 2. The molecule has 6 nitrogen and oxygen atoms in total.